The van der Waals surface area contributed by atoms with E-state index in [2.05, 4.69) is 0 Å². The van der Waals surface area contributed by atoms with Crippen LogP contribution in [-0.4, -0.2) is 47.7 Å². The first-order chi connectivity index (χ1) is 9.08. The van der Waals surface area contributed by atoms with Crippen LogP contribution in [0.5, 0.6) is 0 Å². The average molecular weight is 283 g/mol. The molecule has 6 heteroatoms. The number of amides is 1. The number of rotatable bonds is 4. The van der Waals surface area contributed by atoms with Crippen LogP contribution in [0.3, 0.4) is 0 Å². The largest absolute Gasteiger partial charge is 0.481 e. The van der Waals surface area contributed by atoms with E-state index in [0.29, 0.717) is 19.7 Å². The second-order valence-electron chi connectivity index (χ2n) is 4.61. The lowest BCUT2D eigenvalue weighted by Crippen LogP contribution is -2.47. The Morgan fingerprint density at radius 3 is 3.05 bits per heavy atom. The summed E-state index contributed by atoms with van der Waals surface area (Å²) in [5.41, 5.74) is 0. The number of carbonyl (C=O) groups excluding carboxylic acids is 1. The van der Waals surface area contributed by atoms with Crippen molar-refractivity contribution in [1.29, 1.82) is 0 Å². The van der Waals surface area contributed by atoms with Gasteiger partial charge in [-0.05, 0) is 18.4 Å². The Kier molecular flexibility index (Phi) is 4.55. The van der Waals surface area contributed by atoms with Crippen LogP contribution in [-0.2, 0) is 14.3 Å². The van der Waals surface area contributed by atoms with Crippen molar-refractivity contribution in [2.24, 2.45) is 0 Å². The zero-order valence-corrected chi connectivity index (χ0v) is 11.6. The van der Waals surface area contributed by atoms with E-state index in [1.165, 1.54) is 0 Å². The smallest absolute Gasteiger partial charge is 0.306 e. The average Bonchev–Trinajstić information content (AvgIpc) is 2.90. The van der Waals surface area contributed by atoms with Crippen molar-refractivity contribution >= 4 is 23.2 Å². The van der Waals surface area contributed by atoms with E-state index in [1.54, 1.807) is 16.2 Å². The summed E-state index contributed by atoms with van der Waals surface area (Å²) in [6, 6.07) is 3.87. The van der Waals surface area contributed by atoms with Crippen LogP contribution in [0, 0.1) is 0 Å². The summed E-state index contributed by atoms with van der Waals surface area (Å²) in [6.07, 6.45) is -0.456. The normalized spacial score (nSPS) is 21.1. The fourth-order valence-electron chi connectivity index (χ4n) is 2.17. The molecule has 0 saturated carbocycles. The molecule has 1 aromatic rings. The highest BCUT2D eigenvalue weighted by Gasteiger charge is 2.29. The first-order valence-corrected chi connectivity index (χ1v) is 7.11. The van der Waals surface area contributed by atoms with E-state index in [-0.39, 0.29) is 18.2 Å². The Morgan fingerprint density at radius 1 is 1.63 bits per heavy atom. The fraction of sp³-hybridized carbons (Fsp3) is 0.538. The standard InChI is InChI=1S/C13H17NO4S/c1-9(11-3-2-6-19-11)13(17)14-4-5-18-10(8-14)7-12(15)16/h2-3,6,9-10H,4-5,7-8H2,1H3,(H,15,16)/t9-,10+/m0/s1. The number of carboxylic acids is 1. The molecule has 19 heavy (non-hydrogen) atoms. The number of carboxylic acid groups (broad SMARTS) is 1. The van der Waals surface area contributed by atoms with Crippen LogP contribution in [0.1, 0.15) is 24.1 Å². The maximum absolute atomic E-state index is 12.4. The van der Waals surface area contributed by atoms with Gasteiger partial charge in [-0.25, -0.2) is 0 Å². The number of hydrogen-bond donors (Lipinski definition) is 1. The summed E-state index contributed by atoms with van der Waals surface area (Å²) in [7, 11) is 0. The van der Waals surface area contributed by atoms with Crippen LogP contribution < -0.4 is 0 Å². The second kappa shape index (κ2) is 6.16. The third kappa shape index (κ3) is 3.54. The van der Waals surface area contributed by atoms with Gasteiger partial charge in [0.2, 0.25) is 5.91 Å². The molecule has 2 heterocycles. The molecule has 0 radical (unpaired) electrons. The molecule has 1 fully saturated rings. The Hall–Kier alpha value is -1.40. The SMILES string of the molecule is C[C@H](C(=O)N1CCO[C@H](CC(=O)O)C1)c1cccs1. The summed E-state index contributed by atoms with van der Waals surface area (Å²) in [5.74, 6) is -1.03. The molecule has 2 rings (SSSR count). The van der Waals surface area contributed by atoms with Crippen molar-refractivity contribution in [2.75, 3.05) is 19.7 Å². The van der Waals surface area contributed by atoms with Crippen molar-refractivity contribution in [1.82, 2.24) is 4.90 Å². The number of hydrogen-bond acceptors (Lipinski definition) is 4. The molecule has 0 aromatic carbocycles. The summed E-state index contributed by atoms with van der Waals surface area (Å²) in [4.78, 5) is 25.8. The Labute approximate surface area is 115 Å². The van der Waals surface area contributed by atoms with Gasteiger partial charge in [-0.3, -0.25) is 9.59 Å². The Balaban J connectivity index is 1.97. The molecule has 2 atom stereocenters. The topological polar surface area (TPSA) is 66.8 Å². The highest BCUT2D eigenvalue weighted by Crippen LogP contribution is 2.24. The summed E-state index contributed by atoms with van der Waals surface area (Å²) in [5, 5.41) is 10.7. The molecular weight excluding hydrogens is 266 g/mol. The number of aliphatic carboxylic acids is 1. The van der Waals surface area contributed by atoms with Crippen molar-refractivity contribution in [2.45, 2.75) is 25.4 Å². The van der Waals surface area contributed by atoms with Crippen LogP contribution in [0.4, 0.5) is 0 Å². The van der Waals surface area contributed by atoms with Gasteiger partial charge in [0.15, 0.2) is 0 Å². The predicted molar refractivity (Wildman–Crippen MR) is 71.3 cm³/mol. The molecule has 0 unspecified atom stereocenters. The van der Waals surface area contributed by atoms with E-state index in [9.17, 15) is 9.59 Å². The van der Waals surface area contributed by atoms with Gasteiger partial charge in [0.1, 0.15) is 0 Å². The van der Waals surface area contributed by atoms with Crippen LogP contribution in [0.15, 0.2) is 17.5 Å². The van der Waals surface area contributed by atoms with E-state index in [1.807, 2.05) is 24.4 Å². The molecule has 104 valence electrons. The lowest BCUT2D eigenvalue weighted by Gasteiger charge is -2.33. The van der Waals surface area contributed by atoms with Crippen LogP contribution >= 0.6 is 11.3 Å². The minimum Gasteiger partial charge on any atom is -0.481 e. The molecule has 0 spiro atoms. The van der Waals surface area contributed by atoms with Gasteiger partial charge in [-0.15, -0.1) is 11.3 Å². The van der Waals surface area contributed by atoms with Crippen LogP contribution in [0.25, 0.3) is 0 Å². The lowest BCUT2D eigenvalue weighted by atomic mass is 10.1. The Bertz CT molecular complexity index is 446. The first kappa shape index (κ1) is 14.0. The fourth-order valence-corrected chi connectivity index (χ4v) is 2.95. The van der Waals surface area contributed by atoms with Gasteiger partial charge in [-0.2, -0.15) is 0 Å². The van der Waals surface area contributed by atoms with Gasteiger partial charge < -0.3 is 14.7 Å². The molecule has 1 aliphatic heterocycles. The maximum atomic E-state index is 12.4. The molecule has 0 aliphatic carbocycles. The van der Waals surface area contributed by atoms with E-state index >= 15 is 0 Å². The zero-order chi connectivity index (χ0) is 13.8. The highest BCUT2D eigenvalue weighted by atomic mass is 32.1. The van der Waals surface area contributed by atoms with Gasteiger partial charge in [0.25, 0.3) is 0 Å². The van der Waals surface area contributed by atoms with E-state index in [0.717, 1.165) is 4.88 Å². The molecular formula is C13H17NO4S. The monoisotopic (exact) mass is 283 g/mol. The van der Waals surface area contributed by atoms with Crippen molar-refractivity contribution < 1.29 is 19.4 Å². The predicted octanol–water partition coefficient (Wildman–Crippen LogP) is 1.55. The minimum absolute atomic E-state index is 0.0427. The first-order valence-electron chi connectivity index (χ1n) is 6.23. The van der Waals surface area contributed by atoms with E-state index < -0.39 is 12.1 Å². The van der Waals surface area contributed by atoms with Gasteiger partial charge in [0, 0.05) is 18.0 Å². The molecule has 1 saturated heterocycles. The van der Waals surface area contributed by atoms with Crippen molar-refractivity contribution in [3.8, 4) is 0 Å². The molecule has 1 aromatic heterocycles. The van der Waals surface area contributed by atoms with Gasteiger partial charge >= 0.3 is 5.97 Å². The highest BCUT2D eigenvalue weighted by molar-refractivity contribution is 7.10. The molecule has 1 aliphatic rings. The summed E-state index contributed by atoms with van der Waals surface area (Å²) >= 11 is 1.56. The molecule has 1 amide bonds. The van der Waals surface area contributed by atoms with Gasteiger partial charge in [0.05, 0.1) is 25.0 Å². The maximum Gasteiger partial charge on any atom is 0.306 e. The van der Waals surface area contributed by atoms with E-state index in [4.69, 9.17) is 9.84 Å². The summed E-state index contributed by atoms with van der Waals surface area (Å²) < 4.78 is 5.37. The molecule has 1 N–H and O–H groups in total. The number of ether oxygens (including phenoxy) is 1. The number of morpholine rings is 1. The zero-order valence-electron chi connectivity index (χ0n) is 10.7. The van der Waals surface area contributed by atoms with Crippen molar-refractivity contribution in [3.63, 3.8) is 0 Å². The lowest BCUT2D eigenvalue weighted by molar-refractivity contribution is -0.148. The van der Waals surface area contributed by atoms with Crippen LogP contribution in [0.2, 0.25) is 0 Å². The van der Waals surface area contributed by atoms with Crippen molar-refractivity contribution in [3.05, 3.63) is 22.4 Å². The third-order valence-corrected chi connectivity index (χ3v) is 4.25. The molecule has 0 bridgehead atoms. The third-order valence-electron chi connectivity index (χ3n) is 3.19. The second-order valence-corrected chi connectivity index (χ2v) is 5.59. The quantitative estimate of drug-likeness (QED) is 0.910. The minimum atomic E-state index is -0.898. The summed E-state index contributed by atoms with van der Waals surface area (Å²) in [6.45, 7) is 3.18. The Morgan fingerprint density at radius 2 is 2.42 bits per heavy atom. The van der Waals surface area contributed by atoms with Gasteiger partial charge in [-0.1, -0.05) is 6.07 Å². The number of thiophene rings is 1. The molecule has 5 nitrogen and oxygen atoms in total. The number of carbonyl (C=O) groups is 2. The number of nitrogens with zero attached hydrogens (tertiary/aromatic N) is 1.